The first-order valence-electron chi connectivity index (χ1n) is 6.62. The second kappa shape index (κ2) is 5.96. The molecule has 3 rings (SSSR count). The van der Waals surface area contributed by atoms with Crippen LogP contribution in [0.25, 0.3) is 5.69 Å². The van der Waals surface area contributed by atoms with E-state index < -0.39 is 29.0 Å². The zero-order valence-electron chi connectivity index (χ0n) is 11.6. The van der Waals surface area contributed by atoms with Crippen LogP contribution in [0.4, 0.5) is 18.9 Å². The van der Waals surface area contributed by atoms with Crippen LogP contribution in [0.5, 0.6) is 0 Å². The fourth-order valence-corrected chi connectivity index (χ4v) is 2.09. The van der Waals surface area contributed by atoms with E-state index in [1.54, 1.807) is 36.7 Å². The number of carbonyl (C=O) groups excluding carboxylic acids is 1. The van der Waals surface area contributed by atoms with E-state index in [0.29, 0.717) is 5.69 Å². The predicted octanol–water partition coefficient (Wildman–Crippen LogP) is 3.54. The van der Waals surface area contributed by atoms with Crippen molar-refractivity contribution < 1.29 is 18.0 Å². The Kier molecular flexibility index (Phi) is 3.84. The van der Waals surface area contributed by atoms with Gasteiger partial charge in [-0.1, -0.05) is 12.1 Å². The molecule has 3 aromatic rings. The molecule has 0 saturated heterocycles. The van der Waals surface area contributed by atoms with E-state index in [2.05, 4.69) is 10.4 Å². The third-order valence-electron chi connectivity index (χ3n) is 3.18. The maximum atomic E-state index is 13.7. The Hall–Kier alpha value is -3.09. The Morgan fingerprint density at radius 3 is 2.52 bits per heavy atom. The number of halogens is 3. The van der Waals surface area contributed by atoms with Gasteiger partial charge in [-0.15, -0.1) is 0 Å². The summed E-state index contributed by atoms with van der Waals surface area (Å²) in [6.07, 6.45) is 3.19. The second-order valence-corrected chi connectivity index (χ2v) is 4.64. The van der Waals surface area contributed by atoms with Crippen LogP contribution in [0.2, 0.25) is 0 Å². The van der Waals surface area contributed by atoms with Crippen LogP contribution < -0.4 is 5.32 Å². The van der Waals surface area contributed by atoms with Gasteiger partial charge in [-0.2, -0.15) is 5.10 Å². The van der Waals surface area contributed by atoms with Gasteiger partial charge in [-0.05, 0) is 30.3 Å². The van der Waals surface area contributed by atoms with E-state index in [4.69, 9.17) is 0 Å². The van der Waals surface area contributed by atoms with E-state index in [1.165, 1.54) is 10.7 Å². The molecule has 1 N–H and O–H groups in total. The number of anilines is 1. The molecule has 1 aromatic heterocycles. The quantitative estimate of drug-likeness (QED) is 0.751. The molecule has 23 heavy (non-hydrogen) atoms. The van der Waals surface area contributed by atoms with Gasteiger partial charge in [0.25, 0.3) is 5.91 Å². The number of hydrogen-bond acceptors (Lipinski definition) is 2. The molecule has 0 aliphatic carbocycles. The first-order valence-corrected chi connectivity index (χ1v) is 6.62. The number of para-hydroxylation sites is 1. The lowest BCUT2D eigenvalue weighted by Crippen LogP contribution is -2.16. The van der Waals surface area contributed by atoms with E-state index in [9.17, 15) is 18.0 Å². The predicted molar refractivity (Wildman–Crippen MR) is 77.8 cm³/mol. The van der Waals surface area contributed by atoms with Gasteiger partial charge in [-0.25, -0.2) is 17.9 Å². The van der Waals surface area contributed by atoms with E-state index in [0.717, 1.165) is 12.1 Å². The lowest BCUT2D eigenvalue weighted by Gasteiger charge is -2.11. The molecular formula is C16H10F3N3O. The highest BCUT2D eigenvalue weighted by molar-refractivity contribution is 6.06. The van der Waals surface area contributed by atoms with Gasteiger partial charge in [0.15, 0.2) is 17.5 Å². The van der Waals surface area contributed by atoms with E-state index in [-0.39, 0.29) is 5.56 Å². The lowest BCUT2D eigenvalue weighted by molar-refractivity contribution is 0.102. The maximum Gasteiger partial charge on any atom is 0.257 e. The fraction of sp³-hybridized carbons (Fsp3) is 0. The SMILES string of the molecule is O=C(Nc1ccc(F)c(F)c1F)c1ccccc1-n1cccn1. The molecule has 1 amide bonds. The van der Waals surface area contributed by atoms with Crippen molar-refractivity contribution in [1.82, 2.24) is 9.78 Å². The minimum absolute atomic E-state index is 0.209. The molecule has 116 valence electrons. The number of aromatic nitrogens is 2. The number of nitrogens with one attached hydrogen (secondary N) is 1. The van der Waals surface area contributed by atoms with Crippen molar-refractivity contribution in [3.8, 4) is 5.69 Å². The summed E-state index contributed by atoms with van der Waals surface area (Å²) in [7, 11) is 0. The zero-order chi connectivity index (χ0) is 16.4. The molecular weight excluding hydrogens is 307 g/mol. The van der Waals surface area contributed by atoms with Gasteiger partial charge in [-0.3, -0.25) is 4.79 Å². The minimum Gasteiger partial charge on any atom is -0.319 e. The number of nitrogens with zero attached hydrogens (tertiary/aromatic N) is 2. The highest BCUT2D eigenvalue weighted by Gasteiger charge is 2.18. The summed E-state index contributed by atoms with van der Waals surface area (Å²) < 4.78 is 41.3. The smallest absolute Gasteiger partial charge is 0.257 e. The third kappa shape index (κ3) is 2.80. The van der Waals surface area contributed by atoms with Crippen molar-refractivity contribution in [1.29, 1.82) is 0 Å². The van der Waals surface area contributed by atoms with Crippen molar-refractivity contribution >= 4 is 11.6 Å². The van der Waals surface area contributed by atoms with Gasteiger partial charge in [0, 0.05) is 12.4 Å². The summed E-state index contributed by atoms with van der Waals surface area (Å²) in [5, 5.41) is 6.27. The average molecular weight is 317 g/mol. The number of carbonyl (C=O) groups is 1. The van der Waals surface area contributed by atoms with Crippen LogP contribution in [0.15, 0.2) is 54.9 Å². The number of benzene rings is 2. The lowest BCUT2D eigenvalue weighted by atomic mass is 10.1. The summed E-state index contributed by atoms with van der Waals surface area (Å²) in [6.45, 7) is 0. The summed E-state index contributed by atoms with van der Waals surface area (Å²) in [6, 6.07) is 9.91. The Morgan fingerprint density at radius 2 is 1.78 bits per heavy atom. The van der Waals surface area contributed by atoms with Gasteiger partial charge >= 0.3 is 0 Å². The van der Waals surface area contributed by atoms with Crippen molar-refractivity contribution in [2.45, 2.75) is 0 Å². The standard InChI is InChI=1S/C16H10F3N3O/c17-11-6-7-12(15(19)14(11)18)21-16(23)10-4-1-2-5-13(10)22-9-3-8-20-22/h1-9H,(H,21,23). The van der Waals surface area contributed by atoms with Crippen molar-refractivity contribution in [2.75, 3.05) is 5.32 Å². The molecule has 0 spiro atoms. The topological polar surface area (TPSA) is 46.9 Å². The summed E-state index contributed by atoms with van der Waals surface area (Å²) in [4.78, 5) is 12.3. The Bertz CT molecular complexity index is 863. The molecule has 0 bridgehead atoms. The molecule has 1 heterocycles. The van der Waals surface area contributed by atoms with Gasteiger partial charge in [0.2, 0.25) is 0 Å². The number of rotatable bonds is 3. The van der Waals surface area contributed by atoms with Crippen LogP contribution in [0, 0.1) is 17.5 Å². The van der Waals surface area contributed by atoms with Crippen LogP contribution in [-0.4, -0.2) is 15.7 Å². The minimum atomic E-state index is -1.64. The van der Waals surface area contributed by atoms with Gasteiger partial charge in [0.1, 0.15) is 0 Å². The number of amides is 1. The highest BCUT2D eigenvalue weighted by atomic mass is 19.2. The van der Waals surface area contributed by atoms with Crippen LogP contribution in [0.1, 0.15) is 10.4 Å². The molecule has 4 nitrogen and oxygen atoms in total. The van der Waals surface area contributed by atoms with Crippen LogP contribution in [-0.2, 0) is 0 Å². The van der Waals surface area contributed by atoms with Crippen LogP contribution in [0.3, 0.4) is 0 Å². The summed E-state index contributed by atoms with van der Waals surface area (Å²) in [5.41, 5.74) is 0.238. The van der Waals surface area contributed by atoms with Crippen molar-refractivity contribution in [3.63, 3.8) is 0 Å². The van der Waals surface area contributed by atoms with Crippen molar-refractivity contribution in [2.24, 2.45) is 0 Å². The largest absolute Gasteiger partial charge is 0.319 e. The average Bonchev–Trinajstić information content (AvgIpc) is 3.10. The number of hydrogen-bond donors (Lipinski definition) is 1. The Labute approximate surface area is 129 Å². The zero-order valence-corrected chi connectivity index (χ0v) is 11.6. The molecule has 0 unspecified atom stereocenters. The normalized spacial score (nSPS) is 10.6. The highest BCUT2D eigenvalue weighted by Crippen LogP contribution is 2.21. The van der Waals surface area contributed by atoms with Crippen molar-refractivity contribution in [3.05, 3.63) is 77.9 Å². The van der Waals surface area contributed by atoms with Crippen LogP contribution >= 0.6 is 0 Å². The molecule has 0 aliphatic heterocycles. The Balaban J connectivity index is 1.95. The van der Waals surface area contributed by atoms with Gasteiger partial charge in [0.05, 0.1) is 16.9 Å². The third-order valence-corrected chi connectivity index (χ3v) is 3.18. The summed E-state index contributed by atoms with van der Waals surface area (Å²) in [5.74, 6) is -5.07. The molecule has 0 radical (unpaired) electrons. The second-order valence-electron chi connectivity index (χ2n) is 4.64. The van der Waals surface area contributed by atoms with E-state index >= 15 is 0 Å². The molecule has 0 saturated carbocycles. The molecule has 0 fully saturated rings. The molecule has 0 atom stereocenters. The monoisotopic (exact) mass is 317 g/mol. The Morgan fingerprint density at radius 1 is 1.00 bits per heavy atom. The van der Waals surface area contributed by atoms with E-state index in [1.807, 2.05) is 0 Å². The molecule has 2 aromatic carbocycles. The molecule has 0 aliphatic rings. The first-order chi connectivity index (χ1) is 11.1. The maximum absolute atomic E-state index is 13.7. The van der Waals surface area contributed by atoms with Gasteiger partial charge < -0.3 is 5.32 Å². The summed E-state index contributed by atoms with van der Waals surface area (Å²) >= 11 is 0. The fourth-order valence-electron chi connectivity index (χ4n) is 2.09. The molecule has 7 heteroatoms. The first kappa shape index (κ1) is 14.8.